The minimum Gasteiger partial charge on any atom is -0.768 e. The Morgan fingerprint density at radius 1 is 1.58 bits per heavy atom. The van der Waals surface area contributed by atoms with Gasteiger partial charge in [-0.3, -0.25) is 14.3 Å². The third-order valence-corrected chi connectivity index (χ3v) is 2.23. The van der Waals surface area contributed by atoms with E-state index in [0.29, 0.717) is 6.42 Å². The number of hydrogen-bond acceptors (Lipinski definition) is 4. The van der Waals surface area contributed by atoms with E-state index in [-0.39, 0.29) is 17.0 Å². The molecule has 0 heterocycles. The Labute approximate surface area is 71.2 Å². The van der Waals surface area contributed by atoms with E-state index in [9.17, 15) is 18.9 Å². The maximum atomic E-state index is 10.5. The van der Waals surface area contributed by atoms with E-state index in [2.05, 4.69) is 0 Å². The molecule has 0 aromatic carbocycles. The summed E-state index contributed by atoms with van der Waals surface area (Å²) in [4.78, 5) is 9.46. The molecule has 0 spiro atoms. The minimum absolute atomic E-state index is 0.187. The van der Waals surface area contributed by atoms with Crippen LogP contribution in [0, 0.1) is 10.1 Å². The second-order valence-corrected chi connectivity index (χ2v) is 3.15. The molecule has 0 saturated carbocycles. The van der Waals surface area contributed by atoms with Gasteiger partial charge in [0.25, 0.3) is 5.70 Å². The van der Waals surface area contributed by atoms with Crippen molar-refractivity contribution in [2.24, 2.45) is 0 Å². The van der Waals surface area contributed by atoms with Gasteiger partial charge in [0, 0.05) is 6.42 Å². The van der Waals surface area contributed by atoms with E-state index >= 15 is 0 Å². The summed E-state index contributed by atoms with van der Waals surface area (Å²) in [7, 11) is 0. The molecule has 0 aromatic rings. The van der Waals surface area contributed by atoms with Gasteiger partial charge in [-0.05, 0) is 23.6 Å². The van der Waals surface area contributed by atoms with Crippen LogP contribution in [0.15, 0.2) is 22.8 Å². The highest BCUT2D eigenvalue weighted by Gasteiger charge is 2.19. The van der Waals surface area contributed by atoms with Crippen LogP contribution in [0.25, 0.3) is 0 Å². The zero-order valence-corrected chi connectivity index (χ0v) is 6.87. The molecule has 66 valence electrons. The molecule has 12 heavy (non-hydrogen) atoms. The SMILES string of the molecule is O=[N+]([O-])C1=C(S(=O)[O-])C=CCC1. The molecule has 0 N–H and O–H groups in total. The van der Waals surface area contributed by atoms with Crippen molar-refractivity contribution < 1.29 is 13.7 Å². The van der Waals surface area contributed by atoms with Gasteiger partial charge in [-0.15, -0.1) is 0 Å². The summed E-state index contributed by atoms with van der Waals surface area (Å²) in [6.07, 6.45) is 3.59. The fourth-order valence-electron chi connectivity index (χ4n) is 0.963. The predicted molar refractivity (Wildman–Crippen MR) is 41.3 cm³/mol. The van der Waals surface area contributed by atoms with Crippen LogP contribution in [0.1, 0.15) is 12.8 Å². The first-order valence-corrected chi connectivity index (χ1v) is 4.33. The van der Waals surface area contributed by atoms with E-state index in [4.69, 9.17) is 0 Å². The highest BCUT2D eigenvalue weighted by atomic mass is 32.2. The van der Waals surface area contributed by atoms with Crippen LogP contribution in [-0.4, -0.2) is 13.7 Å². The van der Waals surface area contributed by atoms with E-state index in [1.54, 1.807) is 6.08 Å². The van der Waals surface area contributed by atoms with Crippen LogP contribution < -0.4 is 0 Å². The first-order valence-electron chi connectivity index (χ1n) is 3.26. The topological polar surface area (TPSA) is 83.3 Å². The molecule has 0 aromatic heterocycles. The standard InChI is InChI=1S/C6H7NO4S/c8-7(9)5-3-1-2-4-6(5)12(10)11/h2,4H,1,3H2,(H,10,11)/p-1. The molecule has 1 unspecified atom stereocenters. The summed E-state index contributed by atoms with van der Waals surface area (Å²) in [5.41, 5.74) is -0.217. The van der Waals surface area contributed by atoms with Gasteiger partial charge in [0.05, 0.1) is 9.83 Å². The molecule has 0 bridgehead atoms. The van der Waals surface area contributed by atoms with E-state index < -0.39 is 16.0 Å². The van der Waals surface area contributed by atoms with Crippen LogP contribution in [0.2, 0.25) is 0 Å². The molecule has 0 fully saturated rings. The maximum absolute atomic E-state index is 10.5. The summed E-state index contributed by atoms with van der Waals surface area (Å²) < 4.78 is 20.9. The summed E-state index contributed by atoms with van der Waals surface area (Å²) in [6.45, 7) is 0. The zero-order chi connectivity index (χ0) is 9.14. The Bertz CT molecular complexity index is 294. The van der Waals surface area contributed by atoms with Crippen LogP contribution in [0.3, 0.4) is 0 Å². The Morgan fingerprint density at radius 3 is 2.67 bits per heavy atom. The van der Waals surface area contributed by atoms with Crippen molar-refractivity contribution in [3.8, 4) is 0 Å². The maximum Gasteiger partial charge on any atom is 0.261 e. The molecule has 0 aliphatic heterocycles. The van der Waals surface area contributed by atoms with Gasteiger partial charge in [-0.25, -0.2) is 0 Å². The smallest absolute Gasteiger partial charge is 0.261 e. The fraction of sp³-hybridized carbons (Fsp3) is 0.333. The minimum atomic E-state index is -2.50. The van der Waals surface area contributed by atoms with E-state index in [1.807, 2.05) is 0 Å². The lowest BCUT2D eigenvalue weighted by Gasteiger charge is -2.10. The summed E-state index contributed by atoms with van der Waals surface area (Å²) in [5.74, 6) is 0. The van der Waals surface area contributed by atoms with Crippen LogP contribution in [-0.2, 0) is 11.1 Å². The summed E-state index contributed by atoms with van der Waals surface area (Å²) >= 11 is -2.50. The van der Waals surface area contributed by atoms with E-state index in [0.717, 1.165) is 0 Å². The Hall–Kier alpha value is -1.01. The quantitative estimate of drug-likeness (QED) is 0.363. The van der Waals surface area contributed by atoms with Gasteiger partial charge >= 0.3 is 0 Å². The number of hydrogen-bond donors (Lipinski definition) is 0. The third-order valence-electron chi connectivity index (χ3n) is 1.50. The lowest BCUT2D eigenvalue weighted by atomic mass is 10.1. The molecule has 1 aliphatic carbocycles. The van der Waals surface area contributed by atoms with Crippen LogP contribution in [0.4, 0.5) is 0 Å². The van der Waals surface area contributed by atoms with Crippen molar-refractivity contribution >= 4 is 11.1 Å². The van der Waals surface area contributed by atoms with Crippen LogP contribution >= 0.6 is 0 Å². The fourth-order valence-corrected chi connectivity index (χ4v) is 1.54. The average molecular weight is 188 g/mol. The molecule has 5 nitrogen and oxygen atoms in total. The predicted octanol–water partition coefficient (Wildman–Crippen LogP) is 0.704. The molecule has 0 radical (unpaired) electrons. The second kappa shape index (κ2) is 3.59. The lowest BCUT2D eigenvalue weighted by molar-refractivity contribution is -0.428. The molecular weight excluding hydrogens is 182 g/mol. The molecule has 1 aliphatic rings. The summed E-state index contributed by atoms with van der Waals surface area (Å²) in [6, 6.07) is 0. The van der Waals surface area contributed by atoms with Gasteiger partial charge in [-0.2, -0.15) is 0 Å². The Morgan fingerprint density at radius 2 is 2.25 bits per heavy atom. The van der Waals surface area contributed by atoms with Crippen molar-refractivity contribution in [1.29, 1.82) is 0 Å². The summed E-state index contributed by atoms with van der Waals surface area (Å²) in [5, 5.41) is 10.3. The molecule has 0 amide bonds. The number of nitrogens with zero attached hydrogens (tertiary/aromatic N) is 1. The van der Waals surface area contributed by atoms with Gasteiger partial charge in [0.15, 0.2) is 0 Å². The van der Waals surface area contributed by atoms with Gasteiger partial charge in [0.1, 0.15) is 0 Å². The molecular formula is C6H6NO4S-. The second-order valence-electron chi connectivity index (χ2n) is 2.24. The largest absolute Gasteiger partial charge is 0.768 e. The van der Waals surface area contributed by atoms with Crippen molar-refractivity contribution in [3.63, 3.8) is 0 Å². The van der Waals surface area contributed by atoms with Crippen molar-refractivity contribution in [1.82, 2.24) is 0 Å². The molecule has 1 rings (SSSR count). The molecule has 1 atom stereocenters. The average Bonchev–Trinajstić information content (AvgIpc) is 2.04. The highest BCUT2D eigenvalue weighted by molar-refractivity contribution is 7.83. The monoisotopic (exact) mass is 188 g/mol. The van der Waals surface area contributed by atoms with Gasteiger partial charge in [-0.1, -0.05) is 6.08 Å². The van der Waals surface area contributed by atoms with Crippen LogP contribution in [0.5, 0.6) is 0 Å². The number of nitro groups is 1. The third kappa shape index (κ3) is 1.77. The molecule has 6 heteroatoms. The van der Waals surface area contributed by atoms with Crippen molar-refractivity contribution in [2.75, 3.05) is 0 Å². The first kappa shape index (κ1) is 9.08. The van der Waals surface area contributed by atoms with Gasteiger partial charge in [0.2, 0.25) is 0 Å². The number of rotatable bonds is 2. The van der Waals surface area contributed by atoms with E-state index in [1.165, 1.54) is 6.08 Å². The zero-order valence-electron chi connectivity index (χ0n) is 6.06. The van der Waals surface area contributed by atoms with Crippen molar-refractivity contribution in [2.45, 2.75) is 12.8 Å². The number of allylic oxidation sites excluding steroid dienone is 3. The normalized spacial score (nSPS) is 19.4. The Balaban J connectivity index is 3.08. The lowest BCUT2D eigenvalue weighted by Crippen LogP contribution is -2.08. The van der Waals surface area contributed by atoms with Crippen molar-refractivity contribution in [3.05, 3.63) is 32.9 Å². The first-order chi connectivity index (χ1) is 5.63. The highest BCUT2D eigenvalue weighted by Crippen LogP contribution is 2.20. The molecule has 0 saturated heterocycles. The van der Waals surface area contributed by atoms with Gasteiger partial charge < -0.3 is 4.55 Å². The Kier molecular flexibility index (Phi) is 2.72.